The van der Waals surface area contributed by atoms with Crippen LogP contribution in [0, 0.1) is 27.7 Å². The SMILES string of the molecule is COCCNS(=O)(=O)c1cc(C)c(C)c(C)c1C. The lowest BCUT2D eigenvalue weighted by Crippen LogP contribution is -2.28. The van der Waals surface area contributed by atoms with E-state index < -0.39 is 10.0 Å². The lowest BCUT2D eigenvalue weighted by atomic mass is 10.00. The molecule has 1 aromatic carbocycles. The van der Waals surface area contributed by atoms with Crippen molar-refractivity contribution >= 4 is 10.0 Å². The van der Waals surface area contributed by atoms with E-state index in [1.165, 1.54) is 0 Å². The van der Waals surface area contributed by atoms with Gasteiger partial charge in [0.1, 0.15) is 0 Å². The van der Waals surface area contributed by atoms with Crippen LogP contribution in [0.5, 0.6) is 0 Å². The van der Waals surface area contributed by atoms with Crippen molar-refractivity contribution in [1.29, 1.82) is 0 Å². The van der Waals surface area contributed by atoms with Gasteiger partial charge in [0.2, 0.25) is 10.0 Å². The number of aryl methyl sites for hydroxylation is 1. The van der Waals surface area contributed by atoms with Gasteiger partial charge in [0, 0.05) is 13.7 Å². The molecule has 0 aliphatic heterocycles. The Hall–Kier alpha value is -0.910. The zero-order chi connectivity index (χ0) is 13.9. The lowest BCUT2D eigenvalue weighted by molar-refractivity contribution is 0.204. The second-order valence-corrected chi connectivity index (χ2v) is 6.19. The number of hydrogen-bond donors (Lipinski definition) is 1. The van der Waals surface area contributed by atoms with Crippen molar-refractivity contribution < 1.29 is 13.2 Å². The highest BCUT2D eigenvalue weighted by Gasteiger charge is 2.19. The summed E-state index contributed by atoms with van der Waals surface area (Å²) in [7, 11) is -1.91. The Morgan fingerprint density at radius 1 is 1.11 bits per heavy atom. The molecule has 0 heterocycles. The molecule has 0 aromatic heterocycles. The first-order valence-corrected chi connectivity index (χ1v) is 7.35. The summed E-state index contributed by atoms with van der Waals surface area (Å²) in [6, 6.07) is 1.73. The molecule has 102 valence electrons. The van der Waals surface area contributed by atoms with Crippen molar-refractivity contribution in [2.75, 3.05) is 20.3 Å². The first kappa shape index (κ1) is 15.1. The average molecular weight is 271 g/mol. The molecular formula is C13H21NO3S. The Kier molecular flexibility index (Phi) is 4.90. The zero-order valence-corrected chi connectivity index (χ0v) is 12.4. The number of nitrogens with one attached hydrogen (secondary N) is 1. The number of ether oxygens (including phenoxy) is 1. The molecule has 1 N–H and O–H groups in total. The summed E-state index contributed by atoms with van der Waals surface area (Å²) >= 11 is 0. The first-order chi connectivity index (χ1) is 8.31. The van der Waals surface area contributed by atoms with Gasteiger partial charge in [-0.3, -0.25) is 0 Å². The van der Waals surface area contributed by atoms with Gasteiger partial charge in [-0.15, -0.1) is 0 Å². The van der Waals surface area contributed by atoms with Crippen LogP contribution in [0.2, 0.25) is 0 Å². The van der Waals surface area contributed by atoms with E-state index in [2.05, 4.69) is 4.72 Å². The van der Waals surface area contributed by atoms with Crippen LogP contribution < -0.4 is 4.72 Å². The third kappa shape index (κ3) is 3.10. The van der Waals surface area contributed by atoms with Gasteiger partial charge in [-0.05, 0) is 56.0 Å². The van der Waals surface area contributed by atoms with Gasteiger partial charge in [0.15, 0.2) is 0 Å². The molecule has 0 radical (unpaired) electrons. The Labute approximate surface area is 109 Å². The molecule has 0 amide bonds. The van der Waals surface area contributed by atoms with Crippen LogP contribution >= 0.6 is 0 Å². The molecule has 0 saturated carbocycles. The molecule has 0 aliphatic rings. The Morgan fingerprint density at radius 2 is 1.72 bits per heavy atom. The van der Waals surface area contributed by atoms with Gasteiger partial charge in [0.25, 0.3) is 0 Å². The summed E-state index contributed by atoms with van der Waals surface area (Å²) < 4.78 is 31.7. The fourth-order valence-corrected chi connectivity index (χ4v) is 3.21. The van der Waals surface area contributed by atoms with E-state index in [4.69, 9.17) is 4.74 Å². The maximum absolute atomic E-state index is 12.2. The first-order valence-electron chi connectivity index (χ1n) is 5.87. The highest BCUT2D eigenvalue weighted by molar-refractivity contribution is 7.89. The van der Waals surface area contributed by atoms with Crippen molar-refractivity contribution in [1.82, 2.24) is 4.72 Å². The molecular weight excluding hydrogens is 250 g/mol. The van der Waals surface area contributed by atoms with Crippen molar-refractivity contribution in [3.05, 3.63) is 28.3 Å². The maximum atomic E-state index is 12.2. The number of benzene rings is 1. The topological polar surface area (TPSA) is 55.4 Å². The number of methoxy groups -OCH3 is 1. The summed E-state index contributed by atoms with van der Waals surface area (Å²) in [6.45, 7) is 8.37. The largest absolute Gasteiger partial charge is 0.383 e. The van der Waals surface area contributed by atoms with E-state index in [1.807, 2.05) is 27.7 Å². The maximum Gasteiger partial charge on any atom is 0.240 e. The van der Waals surface area contributed by atoms with E-state index in [9.17, 15) is 8.42 Å². The van der Waals surface area contributed by atoms with E-state index in [1.54, 1.807) is 13.2 Å². The fourth-order valence-electron chi connectivity index (χ4n) is 1.81. The molecule has 5 heteroatoms. The van der Waals surface area contributed by atoms with Gasteiger partial charge >= 0.3 is 0 Å². The normalized spacial score (nSPS) is 11.8. The minimum atomic E-state index is -3.45. The van der Waals surface area contributed by atoms with Gasteiger partial charge in [-0.1, -0.05) is 0 Å². The molecule has 1 rings (SSSR count). The predicted octanol–water partition coefficient (Wildman–Crippen LogP) is 1.84. The molecule has 4 nitrogen and oxygen atoms in total. The molecule has 0 fully saturated rings. The molecule has 0 bridgehead atoms. The third-order valence-electron chi connectivity index (χ3n) is 3.32. The third-order valence-corrected chi connectivity index (χ3v) is 4.91. The minimum absolute atomic E-state index is 0.282. The highest BCUT2D eigenvalue weighted by atomic mass is 32.2. The number of hydrogen-bond acceptors (Lipinski definition) is 3. The Morgan fingerprint density at radius 3 is 2.28 bits per heavy atom. The van der Waals surface area contributed by atoms with Crippen molar-refractivity contribution in [2.24, 2.45) is 0 Å². The van der Waals surface area contributed by atoms with Crippen LogP contribution in [0.25, 0.3) is 0 Å². The molecule has 0 saturated heterocycles. The second kappa shape index (κ2) is 5.82. The van der Waals surface area contributed by atoms with E-state index in [0.29, 0.717) is 11.5 Å². The van der Waals surface area contributed by atoms with Gasteiger partial charge < -0.3 is 4.74 Å². The van der Waals surface area contributed by atoms with Crippen LogP contribution in [-0.2, 0) is 14.8 Å². The number of sulfonamides is 1. The average Bonchev–Trinajstić information content (AvgIpc) is 2.31. The minimum Gasteiger partial charge on any atom is -0.383 e. The van der Waals surface area contributed by atoms with E-state index in [0.717, 1.165) is 22.3 Å². The standard InChI is InChI=1S/C13H21NO3S/c1-9-8-13(12(4)11(3)10(9)2)18(15,16)14-6-7-17-5/h8,14H,6-7H2,1-5H3. The van der Waals surface area contributed by atoms with Crippen molar-refractivity contribution in [3.8, 4) is 0 Å². The molecule has 18 heavy (non-hydrogen) atoms. The lowest BCUT2D eigenvalue weighted by Gasteiger charge is -2.15. The summed E-state index contributed by atoms with van der Waals surface area (Å²) in [4.78, 5) is 0.360. The Bertz CT molecular complexity index is 536. The molecule has 1 aromatic rings. The van der Waals surface area contributed by atoms with E-state index >= 15 is 0 Å². The van der Waals surface area contributed by atoms with Gasteiger partial charge in [0.05, 0.1) is 11.5 Å². The smallest absolute Gasteiger partial charge is 0.240 e. The Balaban J connectivity index is 3.17. The van der Waals surface area contributed by atoms with Crippen molar-refractivity contribution in [2.45, 2.75) is 32.6 Å². The summed E-state index contributed by atoms with van der Waals surface area (Å²) in [5.74, 6) is 0. The molecule has 0 unspecified atom stereocenters. The monoisotopic (exact) mass is 271 g/mol. The predicted molar refractivity (Wildman–Crippen MR) is 72.5 cm³/mol. The summed E-state index contributed by atoms with van der Waals surface area (Å²) in [5, 5.41) is 0. The van der Waals surface area contributed by atoms with Crippen LogP contribution in [0.1, 0.15) is 22.3 Å². The van der Waals surface area contributed by atoms with Crippen LogP contribution in [0.15, 0.2) is 11.0 Å². The second-order valence-electron chi connectivity index (χ2n) is 4.46. The highest BCUT2D eigenvalue weighted by Crippen LogP contribution is 2.24. The quantitative estimate of drug-likeness (QED) is 0.831. The van der Waals surface area contributed by atoms with Crippen molar-refractivity contribution in [3.63, 3.8) is 0 Å². The molecule has 0 spiro atoms. The van der Waals surface area contributed by atoms with Crippen LogP contribution in [0.4, 0.5) is 0 Å². The molecule has 0 atom stereocenters. The molecule has 0 aliphatic carbocycles. The van der Waals surface area contributed by atoms with Gasteiger partial charge in [-0.2, -0.15) is 0 Å². The fraction of sp³-hybridized carbons (Fsp3) is 0.538. The van der Waals surface area contributed by atoms with E-state index in [-0.39, 0.29) is 6.54 Å². The van der Waals surface area contributed by atoms with Crippen LogP contribution in [0.3, 0.4) is 0 Å². The zero-order valence-electron chi connectivity index (χ0n) is 11.6. The summed E-state index contributed by atoms with van der Waals surface area (Å²) in [6.07, 6.45) is 0. The summed E-state index contributed by atoms with van der Waals surface area (Å²) in [5.41, 5.74) is 3.97. The number of rotatable bonds is 5. The van der Waals surface area contributed by atoms with Gasteiger partial charge in [-0.25, -0.2) is 13.1 Å². The van der Waals surface area contributed by atoms with Crippen LogP contribution in [-0.4, -0.2) is 28.7 Å².